The maximum Gasteiger partial charge on any atom is 0.253 e. The minimum absolute atomic E-state index is 0.000757. The summed E-state index contributed by atoms with van der Waals surface area (Å²) in [5.74, 6) is -1.50. The molecule has 1 unspecified atom stereocenters. The lowest BCUT2D eigenvalue weighted by atomic mass is 9.73. The zero-order valence-electron chi connectivity index (χ0n) is 21.6. The Morgan fingerprint density at radius 3 is 2.41 bits per heavy atom. The van der Waals surface area contributed by atoms with Crippen molar-refractivity contribution < 1.29 is 29.0 Å². The summed E-state index contributed by atoms with van der Waals surface area (Å²) in [7, 11) is 3.32. The van der Waals surface area contributed by atoms with Crippen molar-refractivity contribution in [3.8, 4) is 5.75 Å². The summed E-state index contributed by atoms with van der Waals surface area (Å²) in [5, 5.41) is 9.36. The SMILES string of the molecule is CC[C@@]12C=CCN(C)C(=O)[C@@H]1[C@H]1C(=O)N(CCCCO)C3C(=O)N(c4ccc(OC)cc4)CC=C[C@@]31O2. The maximum atomic E-state index is 14.3. The lowest BCUT2D eigenvalue weighted by Crippen LogP contribution is -2.56. The monoisotopic (exact) mass is 509 g/mol. The second kappa shape index (κ2) is 9.61. The molecule has 198 valence electrons. The molecule has 1 spiro atoms. The predicted octanol–water partition coefficient (Wildman–Crippen LogP) is 1.76. The Bertz CT molecular complexity index is 1130. The fourth-order valence-electron chi connectivity index (χ4n) is 6.51. The Morgan fingerprint density at radius 1 is 1.00 bits per heavy atom. The molecule has 5 rings (SSSR count). The number of methoxy groups -OCH3 is 1. The van der Waals surface area contributed by atoms with Crippen LogP contribution in [0.5, 0.6) is 5.75 Å². The smallest absolute Gasteiger partial charge is 0.253 e. The summed E-state index contributed by atoms with van der Waals surface area (Å²) in [6, 6.07) is 6.31. The molecule has 5 atom stereocenters. The maximum absolute atomic E-state index is 14.3. The summed E-state index contributed by atoms with van der Waals surface area (Å²) < 4.78 is 12.2. The number of unbranched alkanes of at least 4 members (excludes halogenated alkanes) is 1. The number of rotatable bonds is 7. The van der Waals surface area contributed by atoms with Crippen molar-refractivity contribution in [2.45, 2.75) is 43.4 Å². The highest BCUT2D eigenvalue weighted by molar-refractivity contribution is 6.06. The van der Waals surface area contributed by atoms with Gasteiger partial charge >= 0.3 is 0 Å². The number of benzene rings is 1. The van der Waals surface area contributed by atoms with Crippen LogP contribution in [0, 0.1) is 11.8 Å². The van der Waals surface area contributed by atoms with Crippen LogP contribution in [0.1, 0.15) is 26.2 Å². The van der Waals surface area contributed by atoms with Gasteiger partial charge in [-0.3, -0.25) is 14.4 Å². The molecule has 0 bridgehead atoms. The molecule has 4 aliphatic rings. The Kier molecular flexibility index (Phi) is 6.62. The number of ether oxygens (including phenoxy) is 2. The van der Waals surface area contributed by atoms with E-state index in [0.717, 1.165) is 0 Å². The molecule has 3 amide bonds. The van der Waals surface area contributed by atoms with Gasteiger partial charge in [0.1, 0.15) is 17.4 Å². The zero-order valence-corrected chi connectivity index (χ0v) is 21.6. The van der Waals surface area contributed by atoms with Crippen LogP contribution in [-0.4, -0.2) is 90.3 Å². The molecule has 4 aliphatic heterocycles. The minimum Gasteiger partial charge on any atom is -0.497 e. The number of likely N-dealkylation sites (N-methyl/N-ethyl adjacent to an activating group) is 1. The van der Waals surface area contributed by atoms with Crippen molar-refractivity contribution in [3.63, 3.8) is 0 Å². The molecule has 4 heterocycles. The first-order valence-electron chi connectivity index (χ1n) is 13.0. The number of fused-ring (bicyclic) bond motifs is 2. The number of carbonyl (C=O) groups excluding carboxylic acids is 3. The third-order valence-electron chi connectivity index (χ3n) is 8.33. The summed E-state index contributed by atoms with van der Waals surface area (Å²) >= 11 is 0. The first kappa shape index (κ1) is 25.5. The van der Waals surface area contributed by atoms with Crippen molar-refractivity contribution >= 4 is 23.4 Å². The number of anilines is 1. The van der Waals surface area contributed by atoms with Gasteiger partial charge < -0.3 is 29.3 Å². The van der Waals surface area contributed by atoms with Crippen LogP contribution in [0.4, 0.5) is 5.69 Å². The van der Waals surface area contributed by atoms with Gasteiger partial charge in [-0.2, -0.15) is 0 Å². The van der Waals surface area contributed by atoms with E-state index in [4.69, 9.17) is 9.47 Å². The van der Waals surface area contributed by atoms with Crippen molar-refractivity contribution in [3.05, 3.63) is 48.6 Å². The van der Waals surface area contributed by atoms with E-state index in [9.17, 15) is 19.5 Å². The molecule has 1 aromatic carbocycles. The van der Waals surface area contributed by atoms with Gasteiger partial charge in [0.2, 0.25) is 11.8 Å². The fourth-order valence-corrected chi connectivity index (χ4v) is 6.51. The molecule has 0 aliphatic carbocycles. The third kappa shape index (κ3) is 3.78. The molecule has 0 radical (unpaired) electrons. The third-order valence-corrected chi connectivity index (χ3v) is 8.33. The standard InChI is InChI=1S/C28H35N3O6/c1-4-27-13-7-15-29(2)24(33)21(27)22-25(34)31(16-5-6-18-32)23-26(35)30(17-8-14-28(22,23)37-27)19-9-11-20(36-3)12-10-19/h7-14,21-23,32H,4-6,15-18H2,1-3H3/t21-,22-,23?,27+,28-/m0/s1. The molecular formula is C28H35N3O6. The van der Waals surface area contributed by atoms with E-state index in [1.165, 1.54) is 0 Å². The van der Waals surface area contributed by atoms with Gasteiger partial charge in [-0.05, 0) is 43.5 Å². The molecule has 1 N–H and O–H groups in total. The Balaban J connectivity index is 1.62. The lowest BCUT2D eigenvalue weighted by Gasteiger charge is -2.38. The van der Waals surface area contributed by atoms with Gasteiger partial charge in [0.15, 0.2) is 0 Å². The van der Waals surface area contributed by atoms with Gasteiger partial charge in [-0.25, -0.2) is 0 Å². The molecule has 0 saturated carbocycles. The van der Waals surface area contributed by atoms with Crippen LogP contribution in [0.25, 0.3) is 0 Å². The summed E-state index contributed by atoms with van der Waals surface area (Å²) in [4.78, 5) is 47.1. The summed E-state index contributed by atoms with van der Waals surface area (Å²) in [5.41, 5.74) is -1.56. The number of aliphatic hydroxyl groups excluding tert-OH is 1. The first-order valence-corrected chi connectivity index (χ1v) is 13.0. The van der Waals surface area contributed by atoms with Crippen LogP contribution >= 0.6 is 0 Å². The van der Waals surface area contributed by atoms with E-state index in [0.29, 0.717) is 50.3 Å². The second-order valence-corrected chi connectivity index (χ2v) is 10.3. The quantitative estimate of drug-likeness (QED) is 0.444. The average molecular weight is 510 g/mol. The van der Waals surface area contributed by atoms with Gasteiger partial charge in [0.25, 0.3) is 5.91 Å². The minimum atomic E-state index is -1.27. The second-order valence-electron chi connectivity index (χ2n) is 10.3. The molecule has 9 nitrogen and oxygen atoms in total. The fraction of sp³-hybridized carbons (Fsp3) is 0.536. The first-order chi connectivity index (χ1) is 17.8. The Labute approximate surface area is 217 Å². The van der Waals surface area contributed by atoms with E-state index >= 15 is 0 Å². The van der Waals surface area contributed by atoms with E-state index < -0.39 is 29.1 Å². The number of amides is 3. The molecule has 1 aromatic rings. The van der Waals surface area contributed by atoms with Crippen LogP contribution < -0.4 is 9.64 Å². The normalized spacial score (nSPS) is 32.8. The highest BCUT2D eigenvalue weighted by Gasteiger charge is 2.75. The number of hydrogen-bond acceptors (Lipinski definition) is 6. The van der Waals surface area contributed by atoms with Crippen molar-refractivity contribution in [2.75, 3.05) is 45.3 Å². The predicted molar refractivity (Wildman–Crippen MR) is 137 cm³/mol. The van der Waals surface area contributed by atoms with Crippen molar-refractivity contribution in [1.29, 1.82) is 0 Å². The number of aliphatic hydroxyl groups is 1. The lowest BCUT2D eigenvalue weighted by molar-refractivity contribution is -0.149. The molecule has 37 heavy (non-hydrogen) atoms. The molecule has 2 saturated heterocycles. The van der Waals surface area contributed by atoms with E-state index in [-0.39, 0.29) is 24.3 Å². The summed E-state index contributed by atoms with van der Waals surface area (Å²) in [6.45, 7) is 3.01. The number of hydrogen-bond donors (Lipinski definition) is 1. The molecule has 0 aromatic heterocycles. The van der Waals surface area contributed by atoms with E-state index in [1.54, 1.807) is 41.0 Å². The molecular weight excluding hydrogens is 474 g/mol. The Morgan fingerprint density at radius 2 is 1.73 bits per heavy atom. The van der Waals surface area contributed by atoms with Crippen LogP contribution in [-0.2, 0) is 19.1 Å². The highest BCUT2D eigenvalue weighted by Crippen LogP contribution is 2.58. The summed E-state index contributed by atoms with van der Waals surface area (Å²) in [6.07, 6.45) is 9.14. The topological polar surface area (TPSA) is 99.6 Å². The van der Waals surface area contributed by atoms with Crippen LogP contribution in [0.15, 0.2) is 48.6 Å². The van der Waals surface area contributed by atoms with Crippen molar-refractivity contribution in [2.24, 2.45) is 11.8 Å². The largest absolute Gasteiger partial charge is 0.497 e. The van der Waals surface area contributed by atoms with Crippen LogP contribution in [0.3, 0.4) is 0 Å². The van der Waals surface area contributed by atoms with Crippen LogP contribution in [0.2, 0.25) is 0 Å². The van der Waals surface area contributed by atoms with Gasteiger partial charge in [0, 0.05) is 39.0 Å². The Hall–Kier alpha value is -3.17. The molecule has 9 heteroatoms. The highest BCUT2D eigenvalue weighted by atomic mass is 16.5. The zero-order chi connectivity index (χ0) is 26.4. The van der Waals surface area contributed by atoms with E-state index in [1.807, 2.05) is 43.4 Å². The number of nitrogens with zero attached hydrogens (tertiary/aromatic N) is 3. The molecule has 2 fully saturated rings. The number of likely N-dealkylation sites (tertiary alicyclic amines) is 1. The number of carbonyl (C=O) groups is 3. The average Bonchev–Trinajstić information content (AvgIpc) is 3.20. The van der Waals surface area contributed by atoms with E-state index in [2.05, 4.69) is 0 Å². The van der Waals surface area contributed by atoms with Crippen molar-refractivity contribution in [1.82, 2.24) is 9.80 Å². The van der Waals surface area contributed by atoms with Gasteiger partial charge in [-0.15, -0.1) is 0 Å². The van der Waals surface area contributed by atoms with Gasteiger partial charge in [0.05, 0.1) is 24.5 Å². The van der Waals surface area contributed by atoms with Gasteiger partial charge in [-0.1, -0.05) is 31.2 Å².